The molecule has 1 saturated carbocycles. The fourth-order valence-corrected chi connectivity index (χ4v) is 3.65. The molecule has 0 saturated heterocycles. The fraction of sp³-hybridized carbons (Fsp3) is 0.348. The first kappa shape index (κ1) is 20.8. The highest BCUT2D eigenvalue weighted by atomic mass is 35.5. The summed E-state index contributed by atoms with van der Waals surface area (Å²) in [6.07, 6.45) is 6.54. The van der Waals surface area contributed by atoms with Crippen LogP contribution in [0.3, 0.4) is 0 Å². The molecule has 0 atom stereocenters. The van der Waals surface area contributed by atoms with Gasteiger partial charge in [0.15, 0.2) is 0 Å². The first-order chi connectivity index (χ1) is 13.5. The van der Waals surface area contributed by atoms with Crippen molar-refractivity contribution in [3.63, 3.8) is 0 Å². The minimum Gasteiger partial charge on any atom is -0.489 e. The number of nitrogens with zero attached hydrogens (tertiary/aromatic N) is 1. The first-order valence-electron chi connectivity index (χ1n) is 9.55. The molecule has 0 N–H and O–H groups in total. The standard InChI is InChI=1S/C23H25Cl2NO2/c1-5-15-10-11-17(12-14(15)4)27-13-18-22(26-28-23(18)16-8-9-16)21(19(24)6-2)20(25)7-3/h6-7,10-12,16H,2,5,8-9,13H2,1,3-4H3/b20-7+,21-19-. The second-order valence-electron chi connectivity index (χ2n) is 6.94. The van der Waals surface area contributed by atoms with Crippen molar-refractivity contribution >= 4 is 28.8 Å². The maximum absolute atomic E-state index is 6.44. The Morgan fingerprint density at radius 2 is 2.11 bits per heavy atom. The average Bonchev–Trinajstić information content (AvgIpc) is 3.47. The number of halogens is 2. The molecule has 1 aliphatic rings. The van der Waals surface area contributed by atoms with Gasteiger partial charge in [0.1, 0.15) is 23.8 Å². The van der Waals surface area contributed by atoms with Crippen molar-refractivity contribution in [1.29, 1.82) is 0 Å². The molecule has 5 heteroatoms. The van der Waals surface area contributed by atoms with E-state index in [0.717, 1.165) is 36.3 Å². The summed E-state index contributed by atoms with van der Waals surface area (Å²) < 4.78 is 11.8. The van der Waals surface area contributed by atoms with E-state index in [4.69, 9.17) is 32.5 Å². The highest BCUT2D eigenvalue weighted by molar-refractivity contribution is 6.42. The van der Waals surface area contributed by atoms with Gasteiger partial charge in [0.05, 0.1) is 10.6 Å². The first-order valence-corrected chi connectivity index (χ1v) is 10.3. The molecular formula is C23H25Cl2NO2. The van der Waals surface area contributed by atoms with Crippen LogP contribution < -0.4 is 4.74 Å². The third-order valence-corrected chi connectivity index (χ3v) is 5.74. The van der Waals surface area contributed by atoms with Crippen molar-refractivity contribution in [2.45, 2.75) is 52.6 Å². The van der Waals surface area contributed by atoms with Crippen LogP contribution in [0.25, 0.3) is 5.57 Å². The second kappa shape index (κ2) is 9.02. The highest BCUT2D eigenvalue weighted by Crippen LogP contribution is 2.45. The molecule has 0 amide bonds. The molecular weight excluding hydrogens is 393 g/mol. The summed E-state index contributed by atoms with van der Waals surface area (Å²) in [5.41, 5.74) is 4.68. The largest absolute Gasteiger partial charge is 0.489 e. The molecule has 0 spiro atoms. The number of hydrogen-bond acceptors (Lipinski definition) is 3. The van der Waals surface area contributed by atoms with Gasteiger partial charge in [-0.05, 0) is 62.4 Å². The number of aryl methyl sites for hydroxylation is 2. The Morgan fingerprint density at radius 3 is 2.68 bits per heavy atom. The molecule has 1 aliphatic carbocycles. The predicted molar refractivity (Wildman–Crippen MR) is 116 cm³/mol. The smallest absolute Gasteiger partial charge is 0.147 e. The third-order valence-electron chi connectivity index (χ3n) is 4.99. The maximum atomic E-state index is 6.44. The SMILES string of the molecule is C=C/C(Cl)=C(\C(Cl)=C/C)c1noc(C2CC2)c1COc1ccc(CC)c(C)c1. The Hall–Kier alpha value is -1.97. The normalized spacial score (nSPS) is 15.4. The van der Waals surface area contributed by atoms with Crippen LogP contribution in [0.2, 0.25) is 0 Å². The second-order valence-corrected chi connectivity index (χ2v) is 7.76. The minimum absolute atomic E-state index is 0.342. The van der Waals surface area contributed by atoms with Crippen molar-refractivity contribution < 1.29 is 9.26 Å². The van der Waals surface area contributed by atoms with Gasteiger partial charge in [-0.1, -0.05) is 54.0 Å². The van der Waals surface area contributed by atoms with Crippen molar-refractivity contribution in [2.24, 2.45) is 0 Å². The lowest BCUT2D eigenvalue weighted by molar-refractivity contribution is 0.300. The Morgan fingerprint density at radius 1 is 1.36 bits per heavy atom. The Kier molecular flexibility index (Phi) is 6.69. The van der Waals surface area contributed by atoms with Gasteiger partial charge in [-0.2, -0.15) is 0 Å². The number of allylic oxidation sites excluding steroid dienone is 5. The molecule has 0 unspecified atom stereocenters. The van der Waals surface area contributed by atoms with Crippen molar-refractivity contribution in [1.82, 2.24) is 5.16 Å². The number of ether oxygens (including phenoxy) is 1. The molecule has 148 valence electrons. The summed E-state index contributed by atoms with van der Waals surface area (Å²) in [4.78, 5) is 0. The summed E-state index contributed by atoms with van der Waals surface area (Å²) in [6, 6.07) is 6.18. The summed E-state index contributed by atoms with van der Waals surface area (Å²) in [7, 11) is 0. The lowest BCUT2D eigenvalue weighted by atomic mass is 10.0. The molecule has 3 rings (SSSR count). The van der Waals surface area contributed by atoms with Gasteiger partial charge >= 0.3 is 0 Å². The maximum Gasteiger partial charge on any atom is 0.147 e. The van der Waals surface area contributed by atoms with Crippen LogP contribution in [0.15, 0.2) is 51.5 Å². The number of aromatic nitrogens is 1. The van der Waals surface area contributed by atoms with E-state index in [9.17, 15) is 0 Å². The van der Waals surface area contributed by atoms with Gasteiger partial charge in [-0.15, -0.1) is 0 Å². The molecule has 1 fully saturated rings. The Bertz CT molecular complexity index is 936. The third kappa shape index (κ3) is 4.37. The van der Waals surface area contributed by atoms with Crippen molar-refractivity contribution in [2.75, 3.05) is 0 Å². The van der Waals surface area contributed by atoms with Crippen LogP contribution in [0, 0.1) is 6.92 Å². The molecule has 28 heavy (non-hydrogen) atoms. The fourth-order valence-electron chi connectivity index (χ4n) is 3.22. The highest BCUT2D eigenvalue weighted by Gasteiger charge is 2.34. The monoisotopic (exact) mass is 417 g/mol. The van der Waals surface area contributed by atoms with Crippen LogP contribution in [-0.4, -0.2) is 5.16 Å². The summed E-state index contributed by atoms with van der Waals surface area (Å²) in [5.74, 6) is 2.07. The van der Waals surface area contributed by atoms with Crippen molar-refractivity contribution in [3.8, 4) is 5.75 Å². The van der Waals surface area contributed by atoms with Crippen LogP contribution in [0.1, 0.15) is 60.8 Å². The zero-order chi connectivity index (χ0) is 20.3. The van der Waals surface area contributed by atoms with E-state index < -0.39 is 0 Å². The van der Waals surface area contributed by atoms with Gasteiger partial charge in [-0.3, -0.25) is 0 Å². The lowest BCUT2D eigenvalue weighted by Crippen LogP contribution is -2.02. The predicted octanol–water partition coefficient (Wildman–Crippen LogP) is 7.28. The number of benzene rings is 1. The molecule has 0 aliphatic heterocycles. The molecule has 0 radical (unpaired) electrons. The Balaban J connectivity index is 1.97. The van der Waals surface area contributed by atoms with E-state index in [-0.39, 0.29) is 0 Å². The van der Waals surface area contributed by atoms with E-state index in [1.54, 1.807) is 12.2 Å². The zero-order valence-corrected chi connectivity index (χ0v) is 18.0. The zero-order valence-electron chi connectivity index (χ0n) is 16.5. The topological polar surface area (TPSA) is 35.3 Å². The van der Waals surface area contributed by atoms with Crippen molar-refractivity contribution in [3.05, 3.63) is 75.1 Å². The Labute approximate surface area is 176 Å². The molecule has 1 aromatic heterocycles. The number of rotatable bonds is 8. The van der Waals surface area contributed by atoms with Gasteiger partial charge in [0.25, 0.3) is 0 Å². The van der Waals surface area contributed by atoms with Crippen LogP contribution >= 0.6 is 23.2 Å². The van der Waals surface area contributed by atoms with E-state index in [1.807, 2.05) is 13.0 Å². The molecule has 0 bridgehead atoms. The summed E-state index contributed by atoms with van der Waals surface area (Å²) in [5, 5.41) is 5.24. The average molecular weight is 418 g/mol. The van der Waals surface area contributed by atoms with E-state index in [0.29, 0.717) is 33.9 Å². The summed E-state index contributed by atoms with van der Waals surface area (Å²) in [6.45, 7) is 10.2. The van der Waals surface area contributed by atoms with Gasteiger partial charge in [0, 0.05) is 16.5 Å². The van der Waals surface area contributed by atoms with E-state index in [2.05, 4.69) is 37.7 Å². The molecule has 3 nitrogen and oxygen atoms in total. The van der Waals surface area contributed by atoms with Crippen LogP contribution in [0.4, 0.5) is 0 Å². The lowest BCUT2D eigenvalue weighted by Gasteiger charge is -2.12. The number of hydrogen-bond donors (Lipinski definition) is 0. The summed E-state index contributed by atoms with van der Waals surface area (Å²) >= 11 is 12.8. The molecule has 2 aromatic rings. The molecule has 1 heterocycles. The van der Waals surface area contributed by atoms with E-state index in [1.165, 1.54) is 11.1 Å². The van der Waals surface area contributed by atoms with E-state index >= 15 is 0 Å². The molecule has 1 aromatic carbocycles. The van der Waals surface area contributed by atoms with Gasteiger partial charge in [0.2, 0.25) is 0 Å². The van der Waals surface area contributed by atoms with Crippen LogP contribution in [0.5, 0.6) is 5.75 Å². The quantitative estimate of drug-likeness (QED) is 0.423. The van der Waals surface area contributed by atoms with Crippen LogP contribution in [-0.2, 0) is 13.0 Å². The van der Waals surface area contributed by atoms with Gasteiger partial charge < -0.3 is 9.26 Å². The minimum atomic E-state index is 0.342. The van der Waals surface area contributed by atoms with Gasteiger partial charge in [-0.25, -0.2) is 0 Å².